The molecular formula is C21H25F3N2O. The SMILES string of the molecule is C=C(/C=N\C(=C/C)c1cccc(C(F)(F)F)c1)[C@H]1C[C@@H]1NC1CCOCC1. The maximum atomic E-state index is 12.9. The highest BCUT2D eigenvalue weighted by Gasteiger charge is 2.39. The molecule has 2 aliphatic rings. The van der Waals surface area contributed by atoms with E-state index >= 15 is 0 Å². The van der Waals surface area contributed by atoms with Gasteiger partial charge >= 0.3 is 6.18 Å². The summed E-state index contributed by atoms with van der Waals surface area (Å²) in [5, 5.41) is 3.64. The number of nitrogens with one attached hydrogen (secondary N) is 1. The molecule has 1 aliphatic carbocycles. The second-order valence-corrected chi connectivity index (χ2v) is 7.09. The second-order valence-electron chi connectivity index (χ2n) is 7.09. The van der Waals surface area contributed by atoms with E-state index in [0.29, 0.717) is 29.3 Å². The van der Waals surface area contributed by atoms with Crippen LogP contribution in [0.1, 0.15) is 37.3 Å². The van der Waals surface area contributed by atoms with Crippen molar-refractivity contribution in [1.82, 2.24) is 5.32 Å². The van der Waals surface area contributed by atoms with Gasteiger partial charge in [0.15, 0.2) is 0 Å². The van der Waals surface area contributed by atoms with Crippen molar-refractivity contribution in [3.63, 3.8) is 0 Å². The first kappa shape index (κ1) is 19.8. The lowest BCUT2D eigenvalue weighted by Gasteiger charge is -2.23. The number of hydrogen-bond acceptors (Lipinski definition) is 3. The van der Waals surface area contributed by atoms with Crippen molar-refractivity contribution >= 4 is 11.9 Å². The van der Waals surface area contributed by atoms with Crippen LogP contribution in [0.15, 0.2) is 47.5 Å². The average Bonchev–Trinajstić information content (AvgIpc) is 3.42. The molecule has 0 amide bonds. The highest BCUT2D eigenvalue weighted by molar-refractivity contribution is 5.85. The number of alkyl halides is 3. The molecule has 27 heavy (non-hydrogen) atoms. The Bertz CT molecular complexity index is 733. The van der Waals surface area contributed by atoms with Crippen LogP contribution in [-0.4, -0.2) is 31.5 Å². The van der Waals surface area contributed by atoms with Crippen molar-refractivity contribution in [2.75, 3.05) is 13.2 Å². The molecule has 1 heterocycles. The Balaban J connectivity index is 1.58. The third-order valence-electron chi connectivity index (χ3n) is 5.07. The molecule has 1 N–H and O–H groups in total. The van der Waals surface area contributed by atoms with E-state index in [9.17, 15) is 13.2 Å². The first-order valence-corrected chi connectivity index (χ1v) is 9.29. The molecule has 0 unspecified atom stereocenters. The average molecular weight is 378 g/mol. The molecule has 1 aromatic rings. The minimum atomic E-state index is -4.36. The molecule has 1 aliphatic heterocycles. The summed E-state index contributed by atoms with van der Waals surface area (Å²) in [6.45, 7) is 7.47. The normalized spacial score (nSPS) is 24.4. The number of allylic oxidation sites excluding steroid dienone is 1. The van der Waals surface area contributed by atoms with Crippen molar-refractivity contribution in [3.05, 3.63) is 53.6 Å². The van der Waals surface area contributed by atoms with Gasteiger partial charge in [-0.3, -0.25) is 4.99 Å². The molecule has 6 heteroatoms. The van der Waals surface area contributed by atoms with E-state index in [4.69, 9.17) is 4.74 Å². The maximum Gasteiger partial charge on any atom is 0.416 e. The van der Waals surface area contributed by atoms with E-state index in [-0.39, 0.29) is 0 Å². The summed E-state index contributed by atoms with van der Waals surface area (Å²) in [4.78, 5) is 4.40. The minimum absolute atomic E-state index is 0.344. The molecule has 0 spiro atoms. The quantitative estimate of drug-likeness (QED) is 0.718. The largest absolute Gasteiger partial charge is 0.416 e. The molecule has 146 valence electrons. The maximum absolute atomic E-state index is 12.9. The van der Waals surface area contributed by atoms with Gasteiger partial charge in [-0.15, -0.1) is 0 Å². The van der Waals surface area contributed by atoms with Gasteiger partial charge in [-0.25, -0.2) is 0 Å². The zero-order valence-corrected chi connectivity index (χ0v) is 15.4. The van der Waals surface area contributed by atoms with Gasteiger partial charge in [0.1, 0.15) is 0 Å². The van der Waals surface area contributed by atoms with Crippen molar-refractivity contribution in [3.8, 4) is 0 Å². The van der Waals surface area contributed by atoms with Crippen LogP contribution in [0.2, 0.25) is 0 Å². The molecular weight excluding hydrogens is 353 g/mol. The molecule has 1 saturated heterocycles. The van der Waals surface area contributed by atoms with Gasteiger partial charge in [-0.1, -0.05) is 24.8 Å². The van der Waals surface area contributed by atoms with Crippen LogP contribution < -0.4 is 5.32 Å². The first-order chi connectivity index (χ1) is 12.9. The Hall–Kier alpha value is -1.92. The van der Waals surface area contributed by atoms with Crippen molar-refractivity contribution < 1.29 is 17.9 Å². The van der Waals surface area contributed by atoms with Gasteiger partial charge in [-0.2, -0.15) is 13.2 Å². The van der Waals surface area contributed by atoms with Gasteiger partial charge in [-0.05, 0) is 43.9 Å². The van der Waals surface area contributed by atoms with Crippen LogP contribution in [-0.2, 0) is 10.9 Å². The van der Waals surface area contributed by atoms with Gasteiger partial charge < -0.3 is 10.1 Å². The lowest BCUT2D eigenvalue weighted by atomic mass is 10.1. The minimum Gasteiger partial charge on any atom is -0.381 e. The van der Waals surface area contributed by atoms with Gasteiger partial charge in [0, 0.05) is 43.0 Å². The van der Waals surface area contributed by atoms with Crippen LogP contribution >= 0.6 is 0 Å². The van der Waals surface area contributed by atoms with Crippen LogP contribution in [0.3, 0.4) is 0 Å². The third kappa shape index (κ3) is 5.30. The van der Waals surface area contributed by atoms with E-state index in [1.54, 1.807) is 25.3 Å². The zero-order chi connectivity index (χ0) is 19.4. The molecule has 0 radical (unpaired) electrons. The van der Waals surface area contributed by atoms with E-state index in [1.807, 2.05) is 0 Å². The van der Waals surface area contributed by atoms with Gasteiger partial charge in [0.05, 0.1) is 11.3 Å². The zero-order valence-electron chi connectivity index (χ0n) is 15.4. The lowest BCUT2D eigenvalue weighted by Crippen LogP contribution is -2.36. The number of hydrogen-bond donors (Lipinski definition) is 1. The van der Waals surface area contributed by atoms with Crippen LogP contribution in [0.25, 0.3) is 5.70 Å². The predicted molar refractivity (Wildman–Crippen MR) is 102 cm³/mol. The summed E-state index contributed by atoms with van der Waals surface area (Å²) in [6, 6.07) is 6.14. The molecule has 3 rings (SSSR count). The van der Waals surface area contributed by atoms with Crippen LogP contribution in [0, 0.1) is 5.92 Å². The Morgan fingerprint density at radius 2 is 2.04 bits per heavy atom. The fourth-order valence-corrected chi connectivity index (χ4v) is 3.37. The molecule has 1 saturated carbocycles. The number of rotatable bonds is 6. The fourth-order valence-electron chi connectivity index (χ4n) is 3.37. The molecule has 2 atom stereocenters. The topological polar surface area (TPSA) is 33.6 Å². The van der Waals surface area contributed by atoms with Crippen molar-refractivity contribution in [1.29, 1.82) is 0 Å². The molecule has 3 nitrogen and oxygen atoms in total. The Labute approximate surface area is 158 Å². The lowest BCUT2D eigenvalue weighted by molar-refractivity contribution is -0.137. The summed E-state index contributed by atoms with van der Waals surface area (Å²) in [6.07, 6.45) is 2.12. The number of ether oxygens (including phenoxy) is 1. The second kappa shape index (κ2) is 8.40. The van der Waals surface area contributed by atoms with Crippen LogP contribution in [0.4, 0.5) is 13.2 Å². The summed E-state index contributed by atoms with van der Waals surface area (Å²) >= 11 is 0. The third-order valence-corrected chi connectivity index (χ3v) is 5.07. The smallest absolute Gasteiger partial charge is 0.381 e. The Kier molecular flexibility index (Phi) is 6.17. The Morgan fingerprint density at radius 3 is 2.70 bits per heavy atom. The highest BCUT2D eigenvalue weighted by atomic mass is 19.4. The van der Waals surface area contributed by atoms with E-state index < -0.39 is 11.7 Å². The molecule has 1 aromatic carbocycles. The van der Waals surface area contributed by atoms with E-state index in [0.717, 1.165) is 50.2 Å². The fraction of sp³-hybridized carbons (Fsp3) is 0.476. The van der Waals surface area contributed by atoms with E-state index in [2.05, 4.69) is 16.9 Å². The number of nitrogens with zero attached hydrogens (tertiary/aromatic N) is 1. The molecule has 2 fully saturated rings. The number of aliphatic imine (C=N–C) groups is 1. The standard InChI is InChI=1S/C21H25F3N2O/c1-3-19(15-5-4-6-16(11-15)21(22,23)24)25-13-14(2)18-12-20(18)26-17-7-9-27-10-8-17/h3-6,11,13,17-18,20,26H,2,7-10,12H2,1H3/b19-3-,25-13-/t18-,20+/m1/s1. The molecule has 0 bridgehead atoms. The van der Waals surface area contributed by atoms with Crippen LogP contribution in [0.5, 0.6) is 0 Å². The summed E-state index contributed by atoms with van der Waals surface area (Å²) in [7, 11) is 0. The summed E-state index contributed by atoms with van der Waals surface area (Å²) in [5.41, 5.74) is 1.20. The number of halogens is 3. The predicted octanol–water partition coefficient (Wildman–Crippen LogP) is 4.85. The summed E-state index contributed by atoms with van der Waals surface area (Å²) in [5.74, 6) is 0.344. The van der Waals surface area contributed by atoms with Gasteiger partial charge in [0.25, 0.3) is 0 Å². The van der Waals surface area contributed by atoms with E-state index in [1.165, 1.54) is 6.07 Å². The van der Waals surface area contributed by atoms with Crippen molar-refractivity contribution in [2.45, 2.75) is 44.4 Å². The highest BCUT2D eigenvalue weighted by Crippen LogP contribution is 2.37. The van der Waals surface area contributed by atoms with Gasteiger partial charge in [0.2, 0.25) is 0 Å². The Morgan fingerprint density at radius 1 is 1.30 bits per heavy atom. The number of benzene rings is 1. The van der Waals surface area contributed by atoms with Crippen molar-refractivity contribution in [2.24, 2.45) is 10.9 Å². The summed E-state index contributed by atoms with van der Waals surface area (Å²) < 4.78 is 44.1. The molecule has 0 aromatic heterocycles. The first-order valence-electron chi connectivity index (χ1n) is 9.29. The monoisotopic (exact) mass is 378 g/mol.